The van der Waals surface area contributed by atoms with Crippen molar-refractivity contribution in [3.63, 3.8) is 0 Å². The molecule has 0 bridgehead atoms. The minimum absolute atomic E-state index is 0.131. The summed E-state index contributed by atoms with van der Waals surface area (Å²) >= 11 is 6.29. The molecule has 1 heterocycles. The zero-order valence-corrected chi connectivity index (χ0v) is 17.5. The molecule has 1 fully saturated rings. The first kappa shape index (κ1) is 20.6. The van der Waals surface area contributed by atoms with E-state index in [-0.39, 0.29) is 17.9 Å². The predicted octanol–water partition coefficient (Wildman–Crippen LogP) is 4.47. The molecule has 2 aromatic carbocycles. The van der Waals surface area contributed by atoms with E-state index in [0.717, 1.165) is 18.5 Å². The number of anilines is 5. The molecule has 0 saturated heterocycles. The molecule has 158 valence electrons. The Balaban J connectivity index is 1.51. The van der Waals surface area contributed by atoms with Crippen molar-refractivity contribution in [1.29, 1.82) is 0 Å². The van der Waals surface area contributed by atoms with Crippen molar-refractivity contribution >= 4 is 52.2 Å². The molecule has 1 aliphatic carbocycles. The summed E-state index contributed by atoms with van der Waals surface area (Å²) in [6, 6.07) is 14.6. The van der Waals surface area contributed by atoms with E-state index in [4.69, 9.17) is 11.6 Å². The first-order valence-corrected chi connectivity index (χ1v) is 10.2. The molecule has 0 unspecified atom stereocenters. The Morgan fingerprint density at radius 2 is 1.71 bits per heavy atom. The van der Waals surface area contributed by atoms with Crippen LogP contribution in [0.15, 0.2) is 54.7 Å². The number of benzene rings is 2. The van der Waals surface area contributed by atoms with Gasteiger partial charge in [-0.15, -0.1) is 0 Å². The van der Waals surface area contributed by atoms with Crippen LogP contribution in [0.4, 0.5) is 28.8 Å². The highest BCUT2D eigenvalue weighted by Crippen LogP contribution is 2.28. The Morgan fingerprint density at radius 1 is 1.00 bits per heavy atom. The van der Waals surface area contributed by atoms with E-state index < -0.39 is 0 Å². The van der Waals surface area contributed by atoms with E-state index in [0.29, 0.717) is 33.7 Å². The second-order valence-electron chi connectivity index (χ2n) is 7.19. The highest BCUT2D eigenvalue weighted by molar-refractivity contribution is 6.33. The minimum atomic E-state index is -0.136. The Labute approximate surface area is 184 Å². The van der Waals surface area contributed by atoms with Gasteiger partial charge in [-0.3, -0.25) is 9.59 Å². The number of hydrogen-bond acceptors (Lipinski definition) is 6. The van der Waals surface area contributed by atoms with Gasteiger partial charge in [-0.2, -0.15) is 4.98 Å². The van der Waals surface area contributed by atoms with E-state index in [1.165, 1.54) is 13.1 Å². The van der Waals surface area contributed by atoms with Gasteiger partial charge in [0.25, 0.3) is 5.91 Å². The second-order valence-corrected chi connectivity index (χ2v) is 7.60. The third-order valence-electron chi connectivity index (χ3n) is 4.54. The van der Waals surface area contributed by atoms with Gasteiger partial charge in [0.1, 0.15) is 5.02 Å². The Morgan fingerprint density at radius 3 is 2.42 bits per heavy atom. The minimum Gasteiger partial charge on any atom is -0.349 e. The Kier molecular flexibility index (Phi) is 5.99. The van der Waals surface area contributed by atoms with Crippen LogP contribution in [-0.4, -0.2) is 27.8 Å². The summed E-state index contributed by atoms with van der Waals surface area (Å²) in [4.78, 5) is 32.3. The summed E-state index contributed by atoms with van der Waals surface area (Å²) < 4.78 is 0. The smallest absolute Gasteiger partial charge is 0.253 e. The van der Waals surface area contributed by atoms with Crippen LogP contribution in [0.3, 0.4) is 0 Å². The molecule has 2 amide bonds. The normalized spacial score (nSPS) is 12.7. The number of halogens is 1. The molecule has 9 heteroatoms. The maximum absolute atomic E-state index is 12.5. The summed E-state index contributed by atoms with van der Waals surface area (Å²) in [5.74, 6) is 0.441. The van der Waals surface area contributed by atoms with E-state index in [1.54, 1.807) is 36.4 Å². The van der Waals surface area contributed by atoms with Gasteiger partial charge in [0.2, 0.25) is 11.9 Å². The molecule has 0 spiro atoms. The number of nitrogens with zero attached hydrogens (tertiary/aromatic N) is 2. The third-order valence-corrected chi connectivity index (χ3v) is 4.82. The largest absolute Gasteiger partial charge is 0.349 e. The van der Waals surface area contributed by atoms with E-state index in [2.05, 4.69) is 31.2 Å². The van der Waals surface area contributed by atoms with Crippen LogP contribution >= 0.6 is 11.6 Å². The van der Waals surface area contributed by atoms with Crippen molar-refractivity contribution in [2.45, 2.75) is 25.8 Å². The number of amides is 2. The van der Waals surface area contributed by atoms with E-state index in [9.17, 15) is 9.59 Å². The number of carbonyl (C=O) groups is 2. The standard InChI is InChI=1S/C22H21ClN6O2/c1-13(30)25-14-6-10-16(11-7-14)27-22-24-12-18(23)20(29-22)28-19-5-3-2-4-17(19)21(31)26-15-8-9-15/h2-7,10-12,15H,8-9H2,1H3,(H,25,30)(H,26,31)(H2,24,27,28,29). The van der Waals surface area contributed by atoms with Crippen LogP contribution < -0.4 is 21.3 Å². The van der Waals surface area contributed by atoms with Gasteiger partial charge in [-0.25, -0.2) is 4.98 Å². The van der Waals surface area contributed by atoms with Gasteiger partial charge >= 0.3 is 0 Å². The molecule has 4 rings (SSSR count). The van der Waals surface area contributed by atoms with E-state index in [1.807, 2.05) is 12.1 Å². The highest BCUT2D eigenvalue weighted by atomic mass is 35.5. The lowest BCUT2D eigenvalue weighted by Crippen LogP contribution is -2.26. The third kappa shape index (κ3) is 5.49. The molecule has 1 aliphatic rings. The fourth-order valence-corrected chi connectivity index (χ4v) is 3.03. The summed E-state index contributed by atoms with van der Waals surface area (Å²) in [5, 5.41) is 12.3. The summed E-state index contributed by atoms with van der Waals surface area (Å²) in [5.41, 5.74) is 2.56. The maximum Gasteiger partial charge on any atom is 0.253 e. The highest BCUT2D eigenvalue weighted by Gasteiger charge is 2.25. The molecule has 31 heavy (non-hydrogen) atoms. The van der Waals surface area contributed by atoms with E-state index >= 15 is 0 Å². The molecule has 4 N–H and O–H groups in total. The number of aromatic nitrogens is 2. The molecule has 0 atom stereocenters. The van der Waals surface area contributed by atoms with Crippen molar-refractivity contribution < 1.29 is 9.59 Å². The van der Waals surface area contributed by atoms with Crippen molar-refractivity contribution in [2.75, 3.05) is 16.0 Å². The van der Waals surface area contributed by atoms with Gasteiger partial charge in [0.15, 0.2) is 5.82 Å². The number of rotatable bonds is 7. The topological polar surface area (TPSA) is 108 Å². The molecule has 1 saturated carbocycles. The Bertz CT molecular complexity index is 1120. The lowest BCUT2D eigenvalue weighted by atomic mass is 10.1. The summed E-state index contributed by atoms with van der Waals surface area (Å²) in [6.07, 6.45) is 3.51. The lowest BCUT2D eigenvalue weighted by Gasteiger charge is -2.13. The van der Waals surface area contributed by atoms with Crippen LogP contribution in [0, 0.1) is 0 Å². The number of para-hydroxylation sites is 1. The van der Waals surface area contributed by atoms with Gasteiger partial charge in [0.05, 0.1) is 17.4 Å². The summed E-state index contributed by atoms with van der Waals surface area (Å²) in [7, 11) is 0. The second kappa shape index (κ2) is 9.01. The number of nitrogens with one attached hydrogen (secondary N) is 4. The van der Waals surface area contributed by atoms with Crippen LogP contribution in [0.25, 0.3) is 0 Å². The fraction of sp³-hybridized carbons (Fsp3) is 0.182. The van der Waals surface area contributed by atoms with Crippen molar-refractivity contribution in [3.05, 3.63) is 65.3 Å². The number of hydrogen-bond donors (Lipinski definition) is 4. The first-order valence-electron chi connectivity index (χ1n) is 9.82. The van der Waals surface area contributed by atoms with Gasteiger partial charge in [-0.1, -0.05) is 23.7 Å². The predicted molar refractivity (Wildman–Crippen MR) is 121 cm³/mol. The van der Waals surface area contributed by atoms with Gasteiger partial charge < -0.3 is 21.3 Å². The average Bonchev–Trinajstić information content (AvgIpc) is 3.56. The van der Waals surface area contributed by atoms with Crippen LogP contribution in [-0.2, 0) is 4.79 Å². The van der Waals surface area contributed by atoms with Gasteiger partial charge in [0, 0.05) is 24.3 Å². The SMILES string of the molecule is CC(=O)Nc1ccc(Nc2ncc(Cl)c(Nc3ccccc3C(=O)NC3CC3)n2)cc1. The lowest BCUT2D eigenvalue weighted by molar-refractivity contribution is -0.114. The zero-order chi connectivity index (χ0) is 21.8. The van der Waals surface area contributed by atoms with Crippen LogP contribution in [0.2, 0.25) is 5.02 Å². The maximum atomic E-state index is 12.5. The number of carbonyl (C=O) groups excluding carboxylic acids is 2. The first-order chi connectivity index (χ1) is 15.0. The van der Waals surface area contributed by atoms with Crippen molar-refractivity contribution in [1.82, 2.24) is 15.3 Å². The Hall–Kier alpha value is -3.65. The summed E-state index contributed by atoms with van der Waals surface area (Å²) in [6.45, 7) is 1.45. The van der Waals surface area contributed by atoms with Crippen LogP contribution in [0.1, 0.15) is 30.1 Å². The molecule has 0 radical (unpaired) electrons. The van der Waals surface area contributed by atoms with Gasteiger partial charge in [-0.05, 0) is 49.2 Å². The van der Waals surface area contributed by atoms with Crippen LogP contribution in [0.5, 0.6) is 0 Å². The molecule has 8 nitrogen and oxygen atoms in total. The molecule has 0 aliphatic heterocycles. The molecular weight excluding hydrogens is 416 g/mol. The monoisotopic (exact) mass is 436 g/mol. The molecule has 1 aromatic heterocycles. The zero-order valence-electron chi connectivity index (χ0n) is 16.8. The van der Waals surface area contributed by atoms with Crippen molar-refractivity contribution in [2.24, 2.45) is 0 Å². The quantitative estimate of drug-likeness (QED) is 0.435. The van der Waals surface area contributed by atoms with Crippen molar-refractivity contribution in [3.8, 4) is 0 Å². The fourth-order valence-electron chi connectivity index (χ4n) is 2.89. The molecular formula is C22H21ClN6O2. The molecule has 3 aromatic rings. The average molecular weight is 437 g/mol.